The second-order valence-corrected chi connectivity index (χ2v) is 15.5. The molecule has 60 heavy (non-hydrogen) atoms. The number of carboxylic acids is 1. The Morgan fingerprint density at radius 1 is 0.800 bits per heavy atom. The number of piperidine rings is 1. The lowest BCUT2D eigenvalue weighted by Gasteiger charge is -2.47. The van der Waals surface area contributed by atoms with Crippen molar-refractivity contribution < 1.29 is 66.6 Å². The number of aliphatic carboxylic acids is 1. The Hall–Kier alpha value is -3.83. The number of morpholine rings is 2. The number of ether oxygens (including phenoxy) is 3. The standard InChI is InChI=1S/C26H43N7O6.C11H21NO3.CHF3O2/c27-25(28)32-8-4-5-19(18-32)17-20-22(24(36)37)33(23(20)35)26(38)31-11-9-30(10-12-31)21(34)6-2-1-3-7-29-13-15-39-16-14-29;1-14-11(13)5-3-2-4-6-12-7-9-15-10-8-12;2-1(3,4)6-5/h19-20,22H,1-18H2,(H3,27,28)(H,36,37);2-10H2,1H3;5H/t19?,20-,22?;;/m1../s1. The number of carbonyl (C=O) groups is 5. The number of likely N-dealkylation sites (tertiary alicyclic amines) is 2. The number of imide groups is 1. The Morgan fingerprint density at radius 2 is 1.32 bits per heavy atom. The molecule has 0 aromatic carbocycles. The highest BCUT2D eigenvalue weighted by Crippen LogP contribution is 2.36. The minimum atomic E-state index is -4.90. The van der Waals surface area contributed by atoms with Gasteiger partial charge in [-0.25, -0.2) is 19.7 Å². The smallest absolute Gasteiger partial charge is 0.480 e. The number of guanidine groups is 1. The zero-order valence-corrected chi connectivity index (χ0v) is 34.8. The highest BCUT2D eigenvalue weighted by atomic mass is 19.4. The van der Waals surface area contributed by atoms with E-state index in [0.29, 0.717) is 45.4 Å². The van der Waals surface area contributed by atoms with E-state index in [2.05, 4.69) is 14.5 Å². The zero-order chi connectivity index (χ0) is 44.1. The Kier molecular flexibility index (Phi) is 22.3. The number of nitrogens with zero attached hydrogens (tertiary/aromatic N) is 6. The number of nitrogens with one attached hydrogen (secondary N) is 1. The number of β-lactam (4-membered cyclic amide) rings is 1. The van der Waals surface area contributed by atoms with Crippen molar-refractivity contribution >= 4 is 35.7 Å². The fourth-order valence-electron chi connectivity index (χ4n) is 7.89. The fraction of sp³-hybridized carbons (Fsp3) is 0.842. The first-order chi connectivity index (χ1) is 28.6. The normalized spacial score (nSPS) is 22.8. The molecule has 0 bridgehead atoms. The number of halogens is 3. The average molecular weight is 867 g/mol. The molecule has 2 unspecified atom stereocenters. The molecule has 5 heterocycles. The third-order valence-electron chi connectivity index (χ3n) is 11.3. The lowest BCUT2D eigenvalue weighted by Crippen LogP contribution is -2.70. The number of carbonyl (C=O) groups excluding carboxylic acids is 4. The average Bonchev–Trinajstić information content (AvgIpc) is 3.25. The number of unbranched alkanes of at least 4 members (excludes halogenated alkanes) is 4. The third-order valence-corrected chi connectivity index (χ3v) is 11.3. The number of amides is 4. The van der Waals surface area contributed by atoms with Crippen LogP contribution in [0.4, 0.5) is 18.0 Å². The number of esters is 1. The van der Waals surface area contributed by atoms with Crippen LogP contribution in [0.25, 0.3) is 0 Å². The molecule has 5 aliphatic heterocycles. The number of alkyl halides is 3. The molecule has 5 saturated heterocycles. The van der Waals surface area contributed by atoms with Gasteiger partial charge in [0.05, 0.1) is 39.5 Å². The van der Waals surface area contributed by atoms with Crippen molar-refractivity contribution in [3.05, 3.63) is 0 Å². The van der Waals surface area contributed by atoms with E-state index in [0.717, 1.165) is 122 Å². The monoisotopic (exact) mass is 866 g/mol. The van der Waals surface area contributed by atoms with E-state index in [1.165, 1.54) is 12.0 Å². The summed E-state index contributed by atoms with van der Waals surface area (Å²) in [4.78, 5) is 74.2. The minimum Gasteiger partial charge on any atom is -0.480 e. The molecule has 0 spiro atoms. The van der Waals surface area contributed by atoms with Gasteiger partial charge in [-0.15, -0.1) is 18.1 Å². The predicted octanol–water partition coefficient (Wildman–Crippen LogP) is 2.10. The van der Waals surface area contributed by atoms with Crippen molar-refractivity contribution in [3.8, 4) is 0 Å². The number of nitrogens with two attached hydrogens (primary N) is 1. The highest BCUT2D eigenvalue weighted by Gasteiger charge is 2.56. The van der Waals surface area contributed by atoms with Crippen molar-refractivity contribution in [3.63, 3.8) is 0 Å². The molecule has 5 aliphatic rings. The number of hydrogen-bond donors (Lipinski definition) is 4. The molecule has 19 nitrogen and oxygen atoms in total. The molecule has 0 saturated carbocycles. The van der Waals surface area contributed by atoms with Gasteiger partial charge in [0.1, 0.15) is 0 Å². The van der Waals surface area contributed by atoms with Crippen LogP contribution in [0.5, 0.6) is 0 Å². The second-order valence-electron chi connectivity index (χ2n) is 15.5. The molecule has 5 fully saturated rings. The fourth-order valence-corrected chi connectivity index (χ4v) is 7.89. The minimum absolute atomic E-state index is 0.0207. The summed E-state index contributed by atoms with van der Waals surface area (Å²) in [7, 11) is 1.44. The van der Waals surface area contributed by atoms with Gasteiger partial charge in [-0.05, 0) is 64.0 Å². The van der Waals surface area contributed by atoms with Crippen molar-refractivity contribution in [1.82, 2.24) is 29.4 Å². The van der Waals surface area contributed by atoms with Crippen LogP contribution in [0.2, 0.25) is 0 Å². The van der Waals surface area contributed by atoms with E-state index in [-0.39, 0.29) is 36.8 Å². The summed E-state index contributed by atoms with van der Waals surface area (Å²) in [6.07, 6.45) is 4.23. The van der Waals surface area contributed by atoms with Crippen LogP contribution in [0, 0.1) is 17.2 Å². The lowest BCUT2D eigenvalue weighted by atomic mass is 9.78. The number of piperazine rings is 1. The number of hydrogen-bond acceptors (Lipinski definition) is 13. The first-order valence-electron chi connectivity index (χ1n) is 20.9. The zero-order valence-electron chi connectivity index (χ0n) is 34.8. The summed E-state index contributed by atoms with van der Waals surface area (Å²) in [6.45, 7) is 12.0. The molecule has 0 aromatic rings. The molecule has 0 radical (unpaired) electrons. The first-order valence-corrected chi connectivity index (χ1v) is 20.9. The van der Waals surface area contributed by atoms with Crippen LogP contribution >= 0.6 is 0 Å². The quantitative estimate of drug-likeness (QED) is 0.0351. The van der Waals surface area contributed by atoms with E-state index < -0.39 is 36.2 Å². The van der Waals surface area contributed by atoms with Crippen LogP contribution in [0.15, 0.2) is 0 Å². The van der Waals surface area contributed by atoms with Crippen molar-refractivity contribution in [2.45, 2.75) is 83.0 Å². The highest BCUT2D eigenvalue weighted by molar-refractivity contribution is 6.07. The molecule has 4 amide bonds. The molecule has 5 N–H and O–H groups in total. The SMILES string of the molecule is COC(=O)CCCCCN1CCOCC1.N=C(N)N1CCCC(C[C@H]2C(=O)N(C(=O)N3CCN(C(=O)CCCCCN4CCOCC4)CC3)C2C(=O)O)C1.OOC(F)(F)F. The van der Waals surface area contributed by atoms with Crippen molar-refractivity contribution in [2.75, 3.05) is 112 Å². The molecular formula is C38H65F3N8O11. The third kappa shape index (κ3) is 17.6. The van der Waals surface area contributed by atoms with Gasteiger partial charge in [-0.1, -0.05) is 12.8 Å². The van der Waals surface area contributed by atoms with Crippen LogP contribution in [-0.4, -0.2) is 200 Å². The Balaban J connectivity index is 0.000000376. The second kappa shape index (κ2) is 26.5. The topological polar surface area (TPSA) is 232 Å². The van der Waals surface area contributed by atoms with E-state index in [1.54, 1.807) is 9.80 Å². The summed E-state index contributed by atoms with van der Waals surface area (Å²) in [6, 6.07) is -1.78. The molecule has 0 aromatic heterocycles. The van der Waals surface area contributed by atoms with E-state index in [1.807, 2.05) is 4.89 Å². The largest absolute Gasteiger partial charge is 0.549 e. The Bertz CT molecular complexity index is 1360. The molecule has 3 atom stereocenters. The van der Waals surface area contributed by atoms with Crippen LogP contribution in [0.1, 0.15) is 70.6 Å². The molecule has 0 aliphatic carbocycles. The summed E-state index contributed by atoms with van der Waals surface area (Å²) in [5, 5.41) is 24.3. The van der Waals surface area contributed by atoms with Gasteiger partial charge in [0.25, 0.3) is 0 Å². The summed E-state index contributed by atoms with van der Waals surface area (Å²) >= 11 is 0. The molecule has 5 rings (SSSR count). The lowest BCUT2D eigenvalue weighted by molar-refractivity contribution is -0.464. The van der Waals surface area contributed by atoms with Crippen LogP contribution in [-0.2, 0) is 38.3 Å². The van der Waals surface area contributed by atoms with E-state index in [4.69, 9.17) is 25.9 Å². The van der Waals surface area contributed by atoms with Gasteiger partial charge >= 0.3 is 24.3 Å². The molecular weight excluding hydrogens is 801 g/mol. The molecule has 22 heteroatoms. The number of urea groups is 1. The van der Waals surface area contributed by atoms with E-state index >= 15 is 0 Å². The predicted molar refractivity (Wildman–Crippen MR) is 209 cm³/mol. The van der Waals surface area contributed by atoms with Gasteiger partial charge < -0.3 is 39.8 Å². The van der Waals surface area contributed by atoms with Gasteiger partial charge in [0, 0.05) is 78.3 Å². The summed E-state index contributed by atoms with van der Waals surface area (Å²) < 4.78 is 46.2. The van der Waals surface area contributed by atoms with Gasteiger partial charge in [0.2, 0.25) is 11.8 Å². The maximum absolute atomic E-state index is 13.1. The van der Waals surface area contributed by atoms with Gasteiger partial charge in [-0.2, -0.15) is 0 Å². The van der Waals surface area contributed by atoms with Crippen LogP contribution < -0.4 is 5.73 Å². The van der Waals surface area contributed by atoms with Gasteiger partial charge in [0.15, 0.2) is 12.0 Å². The summed E-state index contributed by atoms with van der Waals surface area (Å²) in [5.74, 6) is -2.39. The van der Waals surface area contributed by atoms with Gasteiger partial charge in [-0.3, -0.25) is 29.6 Å². The van der Waals surface area contributed by atoms with Crippen molar-refractivity contribution in [1.29, 1.82) is 5.41 Å². The molecule has 344 valence electrons. The maximum atomic E-state index is 13.1. The maximum Gasteiger partial charge on any atom is 0.549 e. The summed E-state index contributed by atoms with van der Waals surface area (Å²) in [5.41, 5.74) is 5.60. The van der Waals surface area contributed by atoms with E-state index in [9.17, 15) is 42.3 Å². The number of rotatable bonds is 15. The van der Waals surface area contributed by atoms with Crippen LogP contribution in [0.3, 0.4) is 0 Å². The number of carboxylic acid groups (broad SMARTS) is 1. The first kappa shape index (κ1) is 50.5. The Labute approximate surface area is 349 Å². The Morgan fingerprint density at radius 3 is 1.80 bits per heavy atom. The number of methoxy groups -OCH3 is 1. The van der Waals surface area contributed by atoms with Crippen molar-refractivity contribution in [2.24, 2.45) is 17.6 Å².